The number of nitrogens with one attached hydrogen (secondary N) is 2. The molecule has 0 aromatic carbocycles. The normalized spacial score (nSPS) is 39.4. The molecular weight excluding hydrogens is 236 g/mol. The average molecular weight is 260 g/mol. The molecule has 1 saturated heterocycles. The van der Waals surface area contributed by atoms with Crippen molar-refractivity contribution in [2.45, 2.75) is 50.8 Å². The maximum atomic E-state index is 12.1. The first-order valence-electron chi connectivity index (χ1n) is 6.71. The molecule has 0 aromatic heterocycles. The molecule has 4 atom stereocenters. The van der Waals surface area contributed by atoms with E-state index in [9.17, 15) is 8.42 Å². The molecule has 4 nitrogen and oxygen atoms in total. The number of hydrogen-bond donors (Lipinski definition) is 2. The van der Waals surface area contributed by atoms with Gasteiger partial charge in [-0.05, 0) is 44.1 Å². The van der Waals surface area contributed by atoms with Crippen LogP contribution >= 0.6 is 0 Å². The van der Waals surface area contributed by atoms with Gasteiger partial charge in [-0.3, -0.25) is 0 Å². The fourth-order valence-corrected chi connectivity index (χ4v) is 4.51. The summed E-state index contributed by atoms with van der Waals surface area (Å²) in [4.78, 5) is 0. The third-order valence-electron chi connectivity index (χ3n) is 4.38. The van der Waals surface area contributed by atoms with Crippen molar-refractivity contribution >= 4 is 10.0 Å². The maximum Gasteiger partial charge on any atom is 0.216 e. The van der Waals surface area contributed by atoms with Gasteiger partial charge in [0, 0.05) is 12.6 Å². The van der Waals surface area contributed by atoms with Crippen LogP contribution in [0.2, 0.25) is 0 Å². The number of rotatable bonds is 3. The van der Waals surface area contributed by atoms with Crippen LogP contribution < -0.4 is 10.0 Å². The van der Waals surface area contributed by atoms with Gasteiger partial charge in [-0.15, -0.1) is 0 Å². The third kappa shape index (κ3) is 3.20. The maximum absolute atomic E-state index is 12.1. The Bertz CT molecular complexity index is 350. The second kappa shape index (κ2) is 5.24. The molecular formula is C12H24N2O2S. The van der Waals surface area contributed by atoms with Crippen molar-refractivity contribution in [3.63, 3.8) is 0 Å². The molecule has 1 heterocycles. The van der Waals surface area contributed by atoms with E-state index in [0.29, 0.717) is 12.5 Å². The van der Waals surface area contributed by atoms with Crippen molar-refractivity contribution in [3.8, 4) is 0 Å². The van der Waals surface area contributed by atoms with Crippen molar-refractivity contribution in [1.29, 1.82) is 0 Å². The summed E-state index contributed by atoms with van der Waals surface area (Å²) in [5.74, 6) is 1.35. The molecule has 5 heteroatoms. The van der Waals surface area contributed by atoms with Crippen LogP contribution in [-0.2, 0) is 10.0 Å². The molecule has 0 bridgehead atoms. The summed E-state index contributed by atoms with van der Waals surface area (Å²) in [6.07, 6.45) is 3.86. The zero-order valence-corrected chi connectivity index (χ0v) is 11.6. The molecule has 17 heavy (non-hydrogen) atoms. The predicted molar refractivity (Wildman–Crippen MR) is 69.3 cm³/mol. The summed E-state index contributed by atoms with van der Waals surface area (Å²) in [7, 11) is -3.11. The lowest BCUT2D eigenvalue weighted by molar-refractivity contribution is 0.241. The monoisotopic (exact) mass is 260 g/mol. The zero-order chi connectivity index (χ0) is 12.5. The van der Waals surface area contributed by atoms with E-state index in [0.717, 1.165) is 38.1 Å². The predicted octanol–water partition coefficient (Wildman–Crippen LogP) is 1.09. The Morgan fingerprint density at radius 2 is 1.88 bits per heavy atom. The highest BCUT2D eigenvalue weighted by Gasteiger charge is 2.33. The first-order chi connectivity index (χ1) is 7.99. The lowest BCUT2D eigenvalue weighted by Crippen LogP contribution is -2.44. The summed E-state index contributed by atoms with van der Waals surface area (Å²) in [6.45, 7) is 5.91. The Morgan fingerprint density at radius 3 is 2.47 bits per heavy atom. The minimum Gasteiger partial charge on any atom is -0.315 e. The van der Waals surface area contributed by atoms with Crippen molar-refractivity contribution < 1.29 is 8.42 Å². The summed E-state index contributed by atoms with van der Waals surface area (Å²) in [5.41, 5.74) is 0. The molecule has 100 valence electrons. The minimum atomic E-state index is -3.11. The highest BCUT2D eigenvalue weighted by atomic mass is 32.2. The van der Waals surface area contributed by atoms with Gasteiger partial charge in [0.15, 0.2) is 0 Å². The zero-order valence-electron chi connectivity index (χ0n) is 10.8. The van der Waals surface area contributed by atoms with Gasteiger partial charge in [0.05, 0.1) is 5.25 Å². The van der Waals surface area contributed by atoms with Crippen LogP contribution in [0, 0.1) is 11.8 Å². The molecule has 0 spiro atoms. The highest BCUT2D eigenvalue weighted by Crippen LogP contribution is 2.30. The van der Waals surface area contributed by atoms with Crippen LogP contribution in [0.1, 0.15) is 39.5 Å². The molecule has 2 N–H and O–H groups in total. The van der Waals surface area contributed by atoms with Crippen molar-refractivity contribution in [1.82, 2.24) is 10.0 Å². The molecule has 0 radical (unpaired) electrons. The molecule has 1 aliphatic heterocycles. The van der Waals surface area contributed by atoms with Gasteiger partial charge in [-0.1, -0.05) is 13.8 Å². The summed E-state index contributed by atoms with van der Waals surface area (Å²) in [5, 5.41) is 2.89. The first-order valence-corrected chi connectivity index (χ1v) is 8.25. The van der Waals surface area contributed by atoms with Gasteiger partial charge in [-0.25, -0.2) is 13.1 Å². The van der Waals surface area contributed by atoms with Gasteiger partial charge in [0.2, 0.25) is 10.0 Å². The van der Waals surface area contributed by atoms with Crippen LogP contribution in [0.4, 0.5) is 0 Å². The molecule has 4 unspecified atom stereocenters. The quantitative estimate of drug-likeness (QED) is 0.799. The first kappa shape index (κ1) is 13.3. The van der Waals surface area contributed by atoms with E-state index in [1.807, 2.05) is 0 Å². The van der Waals surface area contributed by atoms with E-state index in [1.54, 1.807) is 0 Å². The minimum absolute atomic E-state index is 0.159. The molecule has 0 amide bonds. The Kier molecular flexibility index (Phi) is 4.10. The van der Waals surface area contributed by atoms with Crippen LogP contribution in [-0.4, -0.2) is 32.8 Å². The second-order valence-corrected chi connectivity index (χ2v) is 7.73. The second-order valence-electron chi connectivity index (χ2n) is 5.74. The number of hydrogen-bond acceptors (Lipinski definition) is 3. The lowest BCUT2D eigenvalue weighted by Gasteiger charge is -2.32. The van der Waals surface area contributed by atoms with Gasteiger partial charge >= 0.3 is 0 Å². The highest BCUT2D eigenvalue weighted by molar-refractivity contribution is 7.90. The van der Waals surface area contributed by atoms with Crippen molar-refractivity contribution in [2.24, 2.45) is 11.8 Å². The molecule has 0 aromatic rings. The van der Waals surface area contributed by atoms with Gasteiger partial charge in [0.1, 0.15) is 0 Å². The summed E-state index contributed by atoms with van der Waals surface area (Å²) < 4.78 is 27.2. The fourth-order valence-electron chi connectivity index (χ4n) is 2.88. The molecule has 1 aliphatic carbocycles. The van der Waals surface area contributed by atoms with Crippen LogP contribution in [0.5, 0.6) is 0 Å². The van der Waals surface area contributed by atoms with Crippen LogP contribution in [0.25, 0.3) is 0 Å². The van der Waals surface area contributed by atoms with Gasteiger partial charge < -0.3 is 5.32 Å². The van der Waals surface area contributed by atoms with E-state index < -0.39 is 10.0 Å². The SMILES string of the molecule is CC1CCC(NS(=O)(=O)C2CCNC2)CC1C. The van der Waals surface area contributed by atoms with E-state index in [-0.39, 0.29) is 11.3 Å². The Hall–Kier alpha value is -0.130. The molecule has 2 aliphatic rings. The Labute approximate surface area is 105 Å². The molecule has 1 saturated carbocycles. The Morgan fingerprint density at radius 1 is 1.12 bits per heavy atom. The topological polar surface area (TPSA) is 58.2 Å². The Balaban J connectivity index is 1.92. The summed E-state index contributed by atoms with van der Waals surface area (Å²) >= 11 is 0. The lowest BCUT2D eigenvalue weighted by atomic mass is 9.79. The van der Waals surface area contributed by atoms with E-state index in [4.69, 9.17) is 0 Å². The van der Waals surface area contributed by atoms with Gasteiger partial charge in [0.25, 0.3) is 0 Å². The fraction of sp³-hybridized carbons (Fsp3) is 1.00. The third-order valence-corrected chi connectivity index (χ3v) is 6.32. The van der Waals surface area contributed by atoms with E-state index in [2.05, 4.69) is 23.9 Å². The summed E-state index contributed by atoms with van der Waals surface area (Å²) in [6, 6.07) is 0.159. The largest absolute Gasteiger partial charge is 0.315 e. The molecule has 2 fully saturated rings. The molecule has 2 rings (SSSR count). The van der Waals surface area contributed by atoms with E-state index >= 15 is 0 Å². The van der Waals surface area contributed by atoms with Crippen LogP contribution in [0.3, 0.4) is 0 Å². The number of sulfonamides is 1. The smallest absolute Gasteiger partial charge is 0.216 e. The average Bonchev–Trinajstić information content (AvgIpc) is 2.77. The standard InChI is InChI=1S/C12H24N2O2S/c1-9-3-4-11(7-10(9)2)14-17(15,16)12-5-6-13-8-12/h9-14H,3-8H2,1-2H3. The van der Waals surface area contributed by atoms with E-state index in [1.165, 1.54) is 0 Å². The van der Waals surface area contributed by atoms with Gasteiger partial charge in [-0.2, -0.15) is 0 Å². The van der Waals surface area contributed by atoms with Crippen LogP contribution in [0.15, 0.2) is 0 Å². The van der Waals surface area contributed by atoms with Crippen molar-refractivity contribution in [3.05, 3.63) is 0 Å². The van der Waals surface area contributed by atoms with Crippen molar-refractivity contribution in [2.75, 3.05) is 13.1 Å².